The first-order valence-corrected chi connectivity index (χ1v) is 9.06. The predicted molar refractivity (Wildman–Crippen MR) is 90.9 cm³/mol. The number of thiazole rings is 1. The van der Waals surface area contributed by atoms with E-state index in [0.717, 1.165) is 20.8 Å². The number of hydrogen-bond acceptors (Lipinski definition) is 4. The van der Waals surface area contributed by atoms with Crippen molar-refractivity contribution in [3.63, 3.8) is 0 Å². The van der Waals surface area contributed by atoms with Crippen molar-refractivity contribution in [3.05, 3.63) is 70.6 Å². The highest BCUT2D eigenvalue weighted by atomic mass is 32.2. The van der Waals surface area contributed by atoms with Gasteiger partial charge in [0.05, 0.1) is 16.8 Å². The van der Waals surface area contributed by atoms with Gasteiger partial charge in [-0.2, -0.15) is 0 Å². The van der Waals surface area contributed by atoms with Gasteiger partial charge in [0.2, 0.25) is 10.0 Å². The van der Waals surface area contributed by atoms with Crippen molar-refractivity contribution < 1.29 is 8.42 Å². The molecule has 3 rings (SSSR count). The first-order chi connectivity index (χ1) is 10.6. The van der Waals surface area contributed by atoms with Gasteiger partial charge in [-0.05, 0) is 23.8 Å². The van der Waals surface area contributed by atoms with E-state index in [1.807, 2.05) is 54.6 Å². The molecule has 0 aliphatic heterocycles. The largest absolute Gasteiger partial charge is 0.240 e. The van der Waals surface area contributed by atoms with Gasteiger partial charge < -0.3 is 0 Å². The second-order valence-corrected chi connectivity index (χ2v) is 7.42. The maximum Gasteiger partial charge on any atom is 0.234 e. The fourth-order valence-corrected chi connectivity index (χ4v) is 3.71. The van der Waals surface area contributed by atoms with Crippen LogP contribution in [0.1, 0.15) is 10.6 Å². The predicted octanol–water partition coefficient (Wildman–Crippen LogP) is 3.39. The summed E-state index contributed by atoms with van der Waals surface area (Å²) in [6.07, 6.45) is 1.57. The van der Waals surface area contributed by atoms with E-state index < -0.39 is 10.0 Å². The molecule has 0 amide bonds. The number of hydrogen-bond donors (Lipinski definition) is 1. The molecule has 1 heterocycles. The molecule has 1 N–H and O–H groups in total. The molecule has 0 saturated heterocycles. The number of fused-ring (bicyclic) bond motifs is 1. The summed E-state index contributed by atoms with van der Waals surface area (Å²) in [7, 11) is -3.48. The van der Waals surface area contributed by atoms with E-state index in [1.165, 1.54) is 16.7 Å². The van der Waals surface area contributed by atoms with Gasteiger partial charge >= 0.3 is 0 Å². The van der Waals surface area contributed by atoms with Crippen LogP contribution in [-0.4, -0.2) is 13.4 Å². The molecule has 0 bridgehead atoms. The SMILES string of the molecule is O=S(=O)(C=Cc1ccccc1)NCc1nc2ccccc2s1. The van der Waals surface area contributed by atoms with Crippen LogP contribution < -0.4 is 4.72 Å². The van der Waals surface area contributed by atoms with E-state index in [9.17, 15) is 8.42 Å². The van der Waals surface area contributed by atoms with Crippen LogP contribution in [0.4, 0.5) is 0 Å². The van der Waals surface area contributed by atoms with Crippen LogP contribution in [0.15, 0.2) is 60.0 Å². The standard InChI is InChI=1S/C16H14N2O2S2/c19-22(20,11-10-13-6-2-1-3-7-13)17-12-16-18-14-8-4-5-9-15(14)21-16/h1-11,17H,12H2. The van der Waals surface area contributed by atoms with Crippen LogP contribution >= 0.6 is 11.3 Å². The zero-order valence-electron chi connectivity index (χ0n) is 11.6. The van der Waals surface area contributed by atoms with E-state index in [0.29, 0.717) is 0 Å². The zero-order chi connectivity index (χ0) is 15.4. The van der Waals surface area contributed by atoms with Crippen molar-refractivity contribution in [3.8, 4) is 0 Å². The molecule has 4 nitrogen and oxygen atoms in total. The molecular formula is C16H14N2O2S2. The van der Waals surface area contributed by atoms with Crippen molar-refractivity contribution >= 4 is 37.7 Å². The second kappa shape index (κ2) is 6.39. The van der Waals surface area contributed by atoms with Crippen LogP contribution in [0.25, 0.3) is 16.3 Å². The van der Waals surface area contributed by atoms with E-state index >= 15 is 0 Å². The molecule has 0 saturated carbocycles. The third-order valence-electron chi connectivity index (χ3n) is 3.00. The van der Waals surface area contributed by atoms with Gasteiger partial charge in [-0.15, -0.1) is 11.3 Å². The monoisotopic (exact) mass is 330 g/mol. The molecule has 1 aromatic heterocycles. The highest BCUT2D eigenvalue weighted by Gasteiger charge is 2.08. The third-order valence-corrected chi connectivity index (χ3v) is 5.08. The molecule has 0 aliphatic carbocycles. The van der Waals surface area contributed by atoms with Crippen molar-refractivity contribution in [1.29, 1.82) is 0 Å². The van der Waals surface area contributed by atoms with Gasteiger partial charge in [-0.25, -0.2) is 18.1 Å². The molecule has 0 radical (unpaired) electrons. The lowest BCUT2D eigenvalue weighted by Gasteiger charge is -1.99. The van der Waals surface area contributed by atoms with Crippen LogP contribution in [0.3, 0.4) is 0 Å². The van der Waals surface area contributed by atoms with Crippen molar-refractivity contribution in [2.24, 2.45) is 0 Å². The van der Waals surface area contributed by atoms with Gasteiger partial charge in [-0.3, -0.25) is 0 Å². The molecule has 3 aromatic rings. The maximum atomic E-state index is 12.0. The fraction of sp³-hybridized carbons (Fsp3) is 0.0625. The normalized spacial score (nSPS) is 12.2. The number of sulfonamides is 1. The molecule has 22 heavy (non-hydrogen) atoms. The first kappa shape index (κ1) is 14.9. The van der Waals surface area contributed by atoms with Gasteiger partial charge in [0.25, 0.3) is 0 Å². The highest BCUT2D eigenvalue weighted by Crippen LogP contribution is 2.21. The number of nitrogens with one attached hydrogen (secondary N) is 1. The summed E-state index contributed by atoms with van der Waals surface area (Å²) in [5, 5.41) is 1.92. The molecule has 112 valence electrons. The molecule has 0 atom stereocenters. The van der Waals surface area contributed by atoms with Crippen molar-refractivity contribution in [2.75, 3.05) is 0 Å². The topological polar surface area (TPSA) is 59.1 Å². The Kier molecular flexibility index (Phi) is 4.33. The lowest BCUT2D eigenvalue weighted by atomic mass is 10.2. The van der Waals surface area contributed by atoms with Gasteiger partial charge in [0.1, 0.15) is 5.01 Å². The minimum atomic E-state index is -3.48. The van der Waals surface area contributed by atoms with Crippen LogP contribution in [0, 0.1) is 0 Å². The molecule has 0 unspecified atom stereocenters. The van der Waals surface area contributed by atoms with Crippen molar-refractivity contribution in [2.45, 2.75) is 6.54 Å². The Balaban J connectivity index is 1.68. The second-order valence-electron chi connectivity index (χ2n) is 4.65. The molecule has 6 heteroatoms. The quantitative estimate of drug-likeness (QED) is 0.780. The average molecular weight is 330 g/mol. The maximum absolute atomic E-state index is 12.0. The number of rotatable bonds is 5. The number of para-hydroxylation sites is 1. The summed E-state index contributed by atoms with van der Waals surface area (Å²) in [6, 6.07) is 17.0. The molecule has 0 fully saturated rings. The van der Waals surface area contributed by atoms with E-state index in [4.69, 9.17) is 0 Å². The molecule has 0 aliphatic rings. The van der Waals surface area contributed by atoms with Crippen molar-refractivity contribution in [1.82, 2.24) is 9.71 Å². The summed E-state index contributed by atoms with van der Waals surface area (Å²) in [5.41, 5.74) is 1.73. The third kappa shape index (κ3) is 3.79. The van der Waals surface area contributed by atoms with E-state index in [-0.39, 0.29) is 6.54 Å². The van der Waals surface area contributed by atoms with Crippen LogP contribution in [0.5, 0.6) is 0 Å². The minimum Gasteiger partial charge on any atom is -0.240 e. The Morgan fingerprint density at radius 2 is 1.77 bits per heavy atom. The Morgan fingerprint density at radius 3 is 2.55 bits per heavy atom. The lowest BCUT2D eigenvalue weighted by molar-refractivity contribution is 0.590. The lowest BCUT2D eigenvalue weighted by Crippen LogP contribution is -2.20. The first-order valence-electron chi connectivity index (χ1n) is 6.70. The molecule has 2 aromatic carbocycles. The summed E-state index contributed by atoms with van der Waals surface area (Å²) in [5.74, 6) is 0. The summed E-state index contributed by atoms with van der Waals surface area (Å²) < 4.78 is 27.5. The Bertz CT molecular complexity index is 867. The Morgan fingerprint density at radius 1 is 1.05 bits per heavy atom. The Labute approximate surface area is 133 Å². The smallest absolute Gasteiger partial charge is 0.234 e. The van der Waals surface area contributed by atoms with E-state index in [1.54, 1.807) is 6.08 Å². The highest BCUT2D eigenvalue weighted by molar-refractivity contribution is 7.92. The number of aromatic nitrogens is 1. The zero-order valence-corrected chi connectivity index (χ0v) is 13.3. The van der Waals surface area contributed by atoms with Crippen LogP contribution in [-0.2, 0) is 16.6 Å². The van der Waals surface area contributed by atoms with Gasteiger partial charge in [-0.1, -0.05) is 42.5 Å². The molecular weight excluding hydrogens is 316 g/mol. The summed E-state index contributed by atoms with van der Waals surface area (Å²) in [4.78, 5) is 4.40. The van der Waals surface area contributed by atoms with Gasteiger partial charge in [0.15, 0.2) is 0 Å². The molecule has 0 spiro atoms. The Hall–Kier alpha value is -2.02. The summed E-state index contributed by atoms with van der Waals surface area (Å²) >= 11 is 1.49. The van der Waals surface area contributed by atoms with Gasteiger partial charge in [0, 0.05) is 5.41 Å². The van der Waals surface area contributed by atoms with Crippen LogP contribution in [0.2, 0.25) is 0 Å². The van der Waals surface area contributed by atoms with E-state index in [2.05, 4.69) is 9.71 Å². The number of nitrogens with zero attached hydrogens (tertiary/aromatic N) is 1. The average Bonchev–Trinajstić information content (AvgIpc) is 2.95. The minimum absolute atomic E-state index is 0.195. The fourth-order valence-electron chi connectivity index (χ4n) is 1.94. The number of benzene rings is 2. The summed E-state index contributed by atoms with van der Waals surface area (Å²) in [6.45, 7) is 0.195.